The Morgan fingerprint density at radius 2 is 1.57 bits per heavy atom. The van der Waals surface area contributed by atoms with Crippen molar-refractivity contribution in [2.45, 2.75) is 63.2 Å². The van der Waals surface area contributed by atoms with E-state index in [0.29, 0.717) is 5.75 Å². The lowest BCUT2D eigenvalue weighted by molar-refractivity contribution is -0.136. The lowest BCUT2D eigenvalue weighted by Gasteiger charge is -2.04. The van der Waals surface area contributed by atoms with Gasteiger partial charge in [-0.05, 0) is 24.1 Å². The number of carboxylic acids is 1. The predicted octanol–water partition coefficient (Wildman–Crippen LogP) is 4.17. The summed E-state index contributed by atoms with van der Waals surface area (Å²) in [6.45, 7) is 2.21. The molecule has 1 N–H and O–H groups in total. The van der Waals surface area contributed by atoms with Gasteiger partial charge in [-0.3, -0.25) is 9.00 Å². The van der Waals surface area contributed by atoms with Gasteiger partial charge >= 0.3 is 5.97 Å². The summed E-state index contributed by atoms with van der Waals surface area (Å²) in [6, 6.07) is 7.09. The minimum absolute atomic E-state index is 0.0185. The van der Waals surface area contributed by atoms with Crippen LogP contribution < -0.4 is 0 Å². The molecule has 0 saturated heterocycles. The van der Waals surface area contributed by atoms with E-state index in [1.165, 1.54) is 32.1 Å². The highest BCUT2D eigenvalue weighted by Crippen LogP contribution is 2.13. The Kier molecular flexibility index (Phi) is 8.99. The van der Waals surface area contributed by atoms with Crippen LogP contribution in [0, 0.1) is 0 Å². The molecule has 1 atom stereocenters. The van der Waals surface area contributed by atoms with E-state index in [4.69, 9.17) is 5.11 Å². The number of rotatable bonds is 11. The highest BCUT2D eigenvalue weighted by Gasteiger charge is 2.05. The van der Waals surface area contributed by atoms with Gasteiger partial charge in [0.2, 0.25) is 0 Å². The summed E-state index contributed by atoms with van der Waals surface area (Å²) < 4.78 is 12.1. The fourth-order valence-corrected chi connectivity index (χ4v) is 3.38. The molecule has 0 aliphatic rings. The van der Waals surface area contributed by atoms with Crippen LogP contribution in [0.5, 0.6) is 0 Å². The zero-order chi connectivity index (χ0) is 15.5. The molecule has 0 aliphatic carbocycles. The minimum Gasteiger partial charge on any atom is -0.481 e. The molecule has 0 spiro atoms. The van der Waals surface area contributed by atoms with Gasteiger partial charge in [0.1, 0.15) is 0 Å². The van der Waals surface area contributed by atoms with Crippen molar-refractivity contribution < 1.29 is 14.1 Å². The zero-order valence-electron chi connectivity index (χ0n) is 12.8. The molecular formula is C17H26O3S. The Labute approximate surface area is 130 Å². The first-order valence-electron chi connectivity index (χ1n) is 7.82. The van der Waals surface area contributed by atoms with E-state index in [0.717, 1.165) is 23.3 Å². The molecule has 0 heterocycles. The molecule has 21 heavy (non-hydrogen) atoms. The van der Waals surface area contributed by atoms with Crippen LogP contribution in [0.4, 0.5) is 0 Å². The van der Waals surface area contributed by atoms with Gasteiger partial charge in [0, 0.05) is 10.6 Å². The van der Waals surface area contributed by atoms with Crippen molar-refractivity contribution in [1.82, 2.24) is 0 Å². The normalized spacial score (nSPS) is 12.2. The third kappa shape index (κ3) is 8.00. The summed E-state index contributed by atoms with van der Waals surface area (Å²) in [7, 11) is -0.961. The molecule has 1 rings (SSSR count). The minimum atomic E-state index is -0.961. The fraction of sp³-hybridized carbons (Fsp3) is 0.588. The summed E-state index contributed by atoms with van der Waals surface area (Å²) in [5.74, 6) is -0.140. The second-order valence-corrected chi connectivity index (χ2v) is 6.96. The van der Waals surface area contributed by atoms with Crippen molar-refractivity contribution in [3.8, 4) is 0 Å². The van der Waals surface area contributed by atoms with Gasteiger partial charge in [-0.25, -0.2) is 0 Å². The lowest BCUT2D eigenvalue weighted by Crippen LogP contribution is -2.01. The van der Waals surface area contributed by atoms with Gasteiger partial charge in [-0.2, -0.15) is 0 Å². The van der Waals surface area contributed by atoms with Gasteiger partial charge in [0.05, 0.1) is 17.2 Å². The standard InChI is InChI=1S/C17H26O3S/c1-2-3-4-5-6-7-8-13-21(20)16-11-9-15(10-12-16)14-17(18)19/h9-12H,2-8,13-14H2,1H3,(H,18,19). The van der Waals surface area contributed by atoms with Crippen molar-refractivity contribution in [2.75, 3.05) is 5.75 Å². The maximum absolute atomic E-state index is 12.1. The van der Waals surface area contributed by atoms with Crippen molar-refractivity contribution >= 4 is 16.8 Å². The highest BCUT2D eigenvalue weighted by atomic mass is 32.2. The summed E-state index contributed by atoms with van der Waals surface area (Å²) in [5, 5.41) is 8.71. The second kappa shape index (κ2) is 10.6. The van der Waals surface area contributed by atoms with Crippen LogP contribution in [0.3, 0.4) is 0 Å². The molecule has 0 aliphatic heterocycles. The molecule has 0 amide bonds. The molecule has 118 valence electrons. The zero-order valence-corrected chi connectivity index (χ0v) is 13.7. The maximum atomic E-state index is 12.1. The number of carboxylic acid groups (broad SMARTS) is 1. The molecule has 1 unspecified atom stereocenters. The van der Waals surface area contributed by atoms with Crippen LogP contribution in [0.25, 0.3) is 0 Å². The molecule has 0 bridgehead atoms. The summed E-state index contributed by atoms with van der Waals surface area (Å²) in [6.07, 6.45) is 8.56. The first-order valence-corrected chi connectivity index (χ1v) is 9.14. The largest absolute Gasteiger partial charge is 0.481 e. The van der Waals surface area contributed by atoms with Gasteiger partial charge in [0.15, 0.2) is 0 Å². The van der Waals surface area contributed by atoms with Crippen LogP contribution in [0.2, 0.25) is 0 Å². The van der Waals surface area contributed by atoms with Gasteiger partial charge < -0.3 is 5.11 Å². The third-order valence-electron chi connectivity index (χ3n) is 3.47. The van der Waals surface area contributed by atoms with Gasteiger partial charge in [-0.15, -0.1) is 0 Å². The van der Waals surface area contributed by atoms with Crippen LogP contribution in [0.15, 0.2) is 29.2 Å². The molecule has 3 nitrogen and oxygen atoms in total. The summed E-state index contributed by atoms with van der Waals surface area (Å²) in [5.41, 5.74) is 0.749. The average molecular weight is 310 g/mol. The van der Waals surface area contributed by atoms with E-state index in [9.17, 15) is 9.00 Å². The van der Waals surface area contributed by atoms with E-state index in [-0.39, 0.29) is 6.42 Å². The third-order valence-corrected chi connectivity index (χ3v) is 4.93. The van der Waals surface area contributed by atoms with Gasteiger partial charge in [0.25, 0.3) is 0 Å². The quantitative estimate of drug-likeness (QED) is 0.624. The number of unbranched alkanes of at least 4 members (excludes halogenated alkanes) is 6. The Hall–Kier alpha value is -1.16. The summed E-state index contributed by atoms with van der Waals surface area (Å²) in [4.78, 5) is 11.4. The molecular weight excluding hydrogens is 284 g/mol. The molecule has 0 radical (unpaired) electrons. The lowest BCUT2D eigenvalue weighted by atomic mass is 10.1. The predicted molar refractivity (Wildman–Crippen MR) is 87.1 cm³/mol. The topological polar surface area (TPSA) is 54.4 Å². The number of aliphatic carboxylic acids is 1. The Balaban J connectivity index is 2.24. The molecule has 0 fully saturated rings. The van der Waals surface area contributed by atoms with E-state index in [1.54, 1.807) is 24.3 Å². The van der Waals surface area contributed by atoms with Gasteiger partial charge in [-0.1, -0.05) is 57.6 Å². The molecule has 4 heteroatoms. The Bertz CT molecular complexity index is 440. The SMILES string of the molecule is CCCCCCCCCS(=O)c1ccc(CC(=O)O)cc1. The number of carbonyl (C=O) groups is 1. The van der Waals surface area contributed by atoms with E-state index >= 15 is 0 Å². The maximum Gasteiger partial charge on any atom is 0.307 e. The second-order valence-electron chi connectivity index (χ2n) is 5.39. The van der Waals surface area contributed by atoms with Crippen molar-refractivity contribution in [3.05, 3.63) is 29.8 Å². The van der Waals surface area contributed by atoms with E-state index < -0.39 is 16.8 Å². The molecule has 1 aromatic rings. The van der Waals surface area contributed by atoms with E-state index in [1.807, 2.05) is 0 Å². The first-order chi connectivity index (χ1) is 10.1. The fourth-order valence-electron chi connectivity index (χ4n) is 2.24. The van der Waals surface area contributed by atoms with Crippen molar-refractivity contribution in [3.63, 3.8) is 0 Å². The van der Waals surface area contributed by atoms with Crippen LogP contribution in [-0.2, 0) is 22.0 Å². The van der Waals surface area contributed by atoms with Crippen LogP contribution in [0.1, 0.15) is 57.4 Å². The number of hydrogen-bond acceptors (Lipinski definition) is 2. The smallest absolute Gasteiger partial charge is 0.307 e. The number of hydrogen-bond donors (Lipinski definition) is 1. The first kappa shape index (κ1) is 17.9. The summed E-state index contributed by atoms with van der Waals surface area (Å²) >= 11 is 0. The average Bonchev–Trinajstić information content (AvgIpc) is 2.46. The highest BCUT2D eigenvalue weighted by molar-refractivity contribution is 7.85. The monoisotopic (exact) mass is 310 g/mol. The van der Waals surface area contributed by atoms with Crippen molar-refractivity contribution in [1.29, 1.82) is 0 Å². The van der Waals surface area contributed by atoms with E-state index in [2.05, 4.69) is 6.92 Å². The Morgan fingerprint density at radius 1 is 1.00 bits per heavy atom. The molecule has 0 aromatic heterocycles. The van der Waals surface area contributed by atoms with Crippen molar-refractivity contribution in [2.24, 2.45) is 0 Å². The van der Waals surface area contributed by atoms with Crippen LogP contribution in [-0.4, -0.2) is 21.0 Å². The Morgan fingerprint density at radius 3 is 2.14 bits per heavy atom. The van der Waals surface area contributed by atoms with Crippen LogP contribution >= 0.6 is 0 Å². The molecule has 0 saturated carbocycles. The molecule has 1 aromatic carbocycles. The number of benzene rings is 1.